The number of nitrogens with two attached hydrogens (primary N) is 1. The van der Waals surface area contributed by atoms with E-state index in [1.165, 1.54) is 36.1 Å². The molecule has 0 radical (unpaired) electrons. The molecule has 18 heavy (non-hydrogen) atoms. The van der Waals surface area contributed by atoms with Gasteiger partial charge in [0, 0.05) is 18.1 Å². The number of aryl methyl sites for hydroxylation is 2. The summed E-state index contributed by atoms with van der Waals surface area (Å²) in [6.45, 7) is 10.9. The van der Waals surface area contributed by atoms with Crippen molar-refractivity contribution in [2.45, 2.75) is 52.1 Å². The first kappa shape index (κ1) is 13.6. The van der Waals surface area contributed by atoms with E-state index in [0.29, 0.717) is 12.6 Å². The number of likely N-dealkylation sites (tertiary alicyclic amines) is 1. The van der Waals surface area contributed by atoms with Gasteiger partial charge in [-0.25, -0.2) is 0 Å². The molecule has 2 N–H and O–H groups in total. The van der Waals surface area contributed by atoms with Crippen LogP contribution in [0.5, 0.6) is 0 Å². The Kier molecular flexibility index (Phi) is 3.79. The van der Waals surface area contributed by atoms with Crippen LogP contribution in [0, 0.1) is 13.8 Å². The van der Waals surface area contributed by atoms with Crippen molar-refractivity contribution < 1.29 is 0 Å². The average molecular weight is 246 g/mol. The summed E-state index contributed by atoms with van der Waals surface area (Å²) in [5.41, 5.74) is 10.4. The summed E-state index contributed by atoms with van der Waals surface area (Å²) in [6, 6.07) is 7.17. The van der Waals surface area contributed by atoms with Crippen molar-refractivity contribution in [1.82, 2.24) is 4.90 Å². The second kappa shape index (κ2) is 5.02. The van der Waals surface area contributed by atoms with E-state index in [1.807, 2.05) is 0 Å². The van der Waals surface area contributed by atoms with Gasteiger partial charge in [0.2, 0.25) is 0 Å². The molecule has 1 unspecified atom stereocenters. The standard InChI is InChI=1S/C16H26N2/c1-12-8-13(2)10-14(9-12)15(11-17)18-7-5-6-16(18,3)4/h8-10,15H,5-7,11,17H2,1-4H3. The predicted molar refractivity (Wildman–Crippen MR) is 77.7 cm³/mol. The Bertz CT molecular complexity index is 403. The molecule has 2 nitrogen and oxygen atoms in total. The number of hydrogen-bond acceptors (Lipinski definition) is 2. The van der Waals surface area contributed by atoms with Crippen molar-refractivity contribution in [2.24, 2.45) is 5.73 Å². The third kappa shape index (κ3) is 2.60. The topological polar surface area (TPSA) is 29.3 Å². The van der Waals surface area contributed by atoms with E-state index in [1.54, 1.807) is 0 Å². The molecule has 1 fully saturated rings. The van der Waals surface area contributed by atoms with Gasteiger partial charge in [-0.15, -0.1) is 0 Å². The zero-order valence-corrected chi connectivity index (χ0v) is 12.2. The second-order valence-electron chi connectivity index (χ2n) is 6.28. The Labute approximate surface area is 111 Å². The fraction of sp³-hybridized carbons (Fsp3) is 0.625. The quantitative estimate of drug-likeness (QED) is 0.887. The van der Waals surface area contributed by atoms with Crippen molar-refractivity contribution >= 4 is 0 Å². The van der Waals surface area contributed by atoms with Gasteiger partial charge >= 0.3 is 0 Å². The highest BCUT2D eigenvalue weighted by molar-refractivity contribution is 5.31. The summed E-state index contributed by atoms with van der Waals surface area (Å²) in [6.07, 6.45) is 2.56. The van der Waals surface area contributed by atoms with E-state index in [-0.39, 0.29) is 5.54 Å². The van der Waals surface area contributed by atoms with Gasteiger partial charge in [-0.1, -0.05) is 29.3 Å². The molecule has 1 aliphatic heterocycles. The van der Waals surface area contributed by atoms with Crippen molar-refractivity contribution in [1.29, 1.82) is 0 Å². The van der Waals surface area contributed by atoms with Gasteiger partial charge in [-0.05, 0) is 52.6 Å². The lowest BCUT2D eigenvalue weighted by atomic mass is 9.95. The Morgan fingerprint density at radius 3 is 2.28 bits per heavy atom. The maximum absolute atomic E-state index is 6.06. The maximum Gasteiger partial charge on any atom is 0.0475 e. The second-order valence-corrected chi connectivity index (χ2v) is 6.28. The number of rotatable bonds is 3. The van der Waals surface area contributed by atoms with Crippen molar-refractivity contribution in [3.05, 3.63) is 34.9 Å². The molecule has 0 aliphatic carbocycles. The van der Waals surface area contributed by atoms with E-state index in [4.69, 9.17) is 5.73 Å². The number of nitrogens with zero attached hydrogens (tertiary/aromatic N) is 1. The smallest absolute Gasteiger partial charge is 0.0475 e. The van der Waals surface area contributed by atoms with Crippen LogP contribution in [0.3, 0.4) is 0 Å². The molecule has 1 aliphatic rings. The highest BCUT2D eigenvalue weighted by atomic mass is 15.2. The Balaban J connectivity index is 2.33. The summed E-state index contributed by atoms with van der Waals surface area (Å²) >= 11 is 0. The van der Waals surface area contributed by atoms with Crippen LogP contribution in [0.1, 0.15) is 49.4 Å². The van der Waals surface area contributed by atoms with E-state index in [2.05, 4.69) is 50.8 Å². The lowest BCUT2D eigenvalue weighted by Gasteiger charge is -2.38. The molecule has 0 spiro atoms. The molecule has 0 amide bonds. The van der Waals surface area contributed by atoms with E-state index >= 15 is 0 Å². The third-order valence-electron chi connectivity index (χ3n) is 4.19. The number of benzene rings is 1. The van der Waals surface area contributed by atoms with Crippen LogP contribution < -0.4 is 5.73 Å². The lowest BCUT2D eigenvalue weighted by Crippen LogP contribution is -2.43. The molecular weight excluding hydrogens is 220 g/mol. The summed E-state index contributed by atoms with van der Waals surface area (Å²) in [5, 5.41) is 0. The molecule has 1 saturated heterocycles. The first-order valence-corrected chi connectivity index (χ1v) is 6.99. The van der Waals surface area contributed by atoms with Gasteiger partial charge in [-0.2, -0.15) is 0 Å². The fourth-order valence-electron chi connectivity index (χ4n) is 3.35. The SMILES string of the molecule is Cc1cc(C)cc(C(CN)N2CCCC2(C)C)c1. The van der Waals surface area contributed by atoms with E-state index < -0.39 is 0 Å². The summed E-state index contributed by atoms with van der Waals surface area (Å²) < 4.78 is 0. The van der Waals surface area contributed by atoms with Crippen LogP contribution in [-0.4, -0.2) is 23.5 Å². The highest BCUT2D eigenvalue weighted by Crippen LogP contribution is 2.36. The molecular formula is C16H26N2. The largest absolute Gasteiger partial charge is 0.329 e. The predicted octanol–water partition coefficient (Wildman–Crippen LogP) is 3.18. The fourth-order valence-corrected chi connectivity index (χ4v) is 3.35. The van der Waals surface area contributed by atoms with Crippen molar-refractivity contribution in [3.63, 3.8) is 0 Å². The van der Waals surface area contributed by atoms with Gasteiger partial charge in [0.05, 0.1) is 0 Å². The van der Waals surface area contributed by atoms with Gasteiger partial charge in [0.25, 0.3) is 0 Å². The minimum Gasteiger partial charge on any atom is -0.329 e. The Morgan fingerprint density at radius 1 is 1.22 bits per heavy atom. The monoisotopic (exact) mass is 246 g/mol. The maximum atomic E-state index is 6.06. The first-order chi connectivity index (χ1) is 8.44. The lowest BCUT2D eigenvalue weighted by molar-refractivity contribution is 0.119. The Morgan fingerprint density at radius 2 is 1.83 bits per heavy atom. The van der Waals surface area contributed by atoms with Crippen LogP contribution in [0.2, 0.25) is 0 Å². The Hall–Kier alpha value is -0.860. The van der Waals surface area contributed by atoms with E-state index in [0.717, 1.165) is 0 Å². The molecule has 0 aromatic heterocycles. The zero-order chi connectivity index (χ0) is 13.3. The average Bonchev–Trinajstić information content (AvgIpc) is 2.59. The van der Waals surface area contributed by atoms with Crippen molar-refractivity contribution in [2.75, 3.05) is 13.1 Å². The summed E-state index contributed by atoms with van der Waals surface area (Å²) in [4.78, 5) is 2.58. The first-order valence-electron chi connectivity index (χ1n) is 6.99. The van der Waals surface area contributed by atoms with E-state index in [9.17, 15) is 0 Å². The van der Waals surface area contributed by atoms with Crippen LogP contribution >= 0.6 is 0 Å². The number of hydrogen-bond donors (Lipinski definition) is 1. The molecule has 1 heterocycles. The van der Waals surface area contributed by atoms with Gasteiger partial charge in [-0.3, -0.25) is 4.90 Å². The zero-order valence-electron chi connectivity index (χ0n) is 12.2. The minimum absolute atomic E-state index is 0.279. The molecule has 2 heteroatoms. The summed E-state index contributed by atoms with van der Waals surface area (Å²) in [7, 11) is 0. The minimum atomic E-state index is 0.279. The van der Waals surface area contributed by atoms with Crippen LogP contribution in [0.15, 0.2) is 18.2 Å². The molecule has 0 bridgehead atoms. The molecule has 1 aromatic rings. The molecule has 100 valence electrons. The molecule has 2 rings (SSSR count). The van der Waals surface area contributed by atoms with Gasteiger partial charge in [0.1, 0.15) is 0 Å². The van der Waals surface area contributed by atoms with Crippen molar-refractivity contribution in [3.8, 4) is 0 Å². The van der Waals surface area contributed by atoms with Crippen LogP contribution in [0.4, 0.5) is 0 Å². The van der Waals surface area contributed by atoms with Crippen LogP contribution in [0.25, 0.3) is 0 Å². The van der Waals surface area contributed by atoms with Gasteiger partial charge in [0.15, 0.2) is 0 Å². The van der Waals surface area contributed by atoms with Crippen LogP contribution in [-0.2, 0) is 0 Å². The highest BCUT2D eigenvalue weighted by Gasteiger charge is 2.36. The summed E-state index contributed by atoms with van der Waals surface area (Å²) in [5.74, 6) is 0. The third-order valence-corrected chi connectivity index (χ3v) is 4.19. The molecule has 0 saturated carbocycles. The van der Waals surface area contributed by atoms with Gasteiger partial charge < -0.3 is 5.73 Å². The molecule has 1 aromatic carbocycles. The molecule has 1 atom stereocenters. The normalized spacial score (nSPS) is 21.2.